The molecule has 0 aliphatic carbocycles. The zero-order valence-electron chi connectivity index (χ0n) is 15.5. The first kappa shape index (κ1) is 26.0. The molecule has 0 saturated carbocycles. The summed E-state index contributed by atoms with van der Waals surface area (Å²) in [5, 5.41) is 10.3. The van der Waals surface area contributed by atoms with Crippen LogP contribution < -0.4 is 11.4 Å². The Morgan fingerprint density at radius 2 is 1.94 bits per heavy atom. The minimum Gasteiger partial charge on any atom is -0.390 e. The van der Waals surface area contributed by atoms with Crippen LogP contribution >= 0.6 is 23.5 Å². The smallest absolute Gasteiger partial charge is 0.390 e. The van der Waals surface area contributed by atoms with Gasteiger partial charge in [-0.1, -0.05) is 6.08 Å². The van der Waals surface area contributed by atoms with Gasteiger partial charge in [-0.15, -0.1) is 6.58 Å². The first-order chi connectivity index (χ1) is 14.1. The Morgan fingerprint density at radius 1 is 1.29 bits per heavy atom. The number of phosphoric ester groups is 1. The van der Waals surface area contributed by atoms with Crippen molar-refractivity contribution in [3.8, 4) is 0 Å². The second-order valence-electron chi connectivity index (χ2n) is 6.30. The average Bonchev–Trinajstić information content (AvgIpc) is 2.88. The summed E-state index contributed by atoms with van der Waals surface area (Å²) in [4.78, 5) is 51.1. The molecule has 0 bridgehead atoms. The highest BCUT2D eigenvalue weighted by Gasteiger charge is 2.49. The van der Waals surface area contributed by atoms with Crippen LogP contribution in [-0.2, 0) is 38.1 Å². The van der Waals surface area contributed by atoms with Crippen molar-refractivity contribution in [3.05, 3.63) is 35.4 Å². The molecule has 0 radical (unpaired) electrons. The van der Waals surface area contributed by atoms with Crippen LogP contribution in [0.4, 0.5) is 5.82 Å². The number of phosphoric acid groups is 3. The quantitative estimate of drug-likeness (QED) is 0.168. The third kappa shape index (κ3) is 7.39. The molecule has 0 spiro atoms. The van der Waals surface area contributed by atoms with E-state index >= 15 is 0 Å². The molecule has 1 aliphatic heterocycles. The molecule has 0 aromatic carbocycles. The van der Waals surface area contributed by atoms with E-state index in [9.17, 15) is 28.5 Å². The van der Waals surface area contributed by atoms with E-state index < -0.39 is 53.6 Å². The minimum absolute atomic E-state index is 0.00469. The molecule has 3 unspecified atom stereocenters. The summed E-state index contributed by atoms with van der Waals surface area (Å²) >= 11 is 0. The maximum absolute atomic E-state index is 11.9. The fourth-order valence-corrected chi connectivity index (χ4v) is 5.72. The lowest BCUT2D eigenvalue weighted by molar-refractivity contribution is -0.0790. The highest BCUT2D eigenvalue weighted by Crippen LogP contribution is 2.66. The zero-order valence-corrected chi connectivity index (χ0v) is 18.2. The van der Waals surface area contributed by atoms with Crippen LogP contribution in [0, 0.1) is 0 Å². The Kier molecular flexibility index (Phi) is 7.81. The monoisotopic (exact) mass is 507 g/mol. The number of ether oxygens (including phenoxy) is 1. The summed E-state index contributed by atoms with van der Waals surface area (Å²) in [7, 11) is -16.7. The van der Waals surface area contributed by atoms with E-state index in [1.54, 1.807) is 0 Å². The molecular formula is C12H20N3O13P3. The van der Waals surface area contributed by atoms with Crippen molar-refractivity contribution in [3.63, 3.8) is 0 Å². The maximum Gasteiger partial charge on any atom is 0.490 e. The van der Waals surface area contributed by atoms with Gasteiger partial charge in [0.05, 0.1) is 25.4 Å². The van der Waals surface area contributed by atoms with E-state index in [1.165, 1.54) is 12.3 Å². The van der Waals surface area contributed by atoms with Crippen LogP contribution in [0.15, 0.2) is 29.7 Å². The molecular weight excluding hydrogens is 487 g/mol. The lowest BCUT2D eigenvalue weighted by Crippen LogP contribution is -2.42. The number of aliphatic hydroxyl groups is 1. The van der Waals surface area contributed by atoms with E-state index in [-0.39, 0.29) is 18.8 Å². The third-order valence-electron chi connectivity index (χ3n) is 3.95. The fourth-order valence-electron chi connectivity index (χ4n) is 2.66. The van der Waals surface area contributed by atoms with Crippen LogP contribution in [0.2, 0.25) is 0 Å². The molecule has 7 N–H and O–H groups in total. The Labute approximate surface area is 174 Å². The van der Waals surface area contributed by atoms with Crippen LogP contribution in [0.1, 0.15) is 6.42 Å². The van der Waals surface area contributed by atoms with Gasteiger partial charge in [0.25, 0.3) is 0 Å². The second-order valence-corrected chi connectivity index (χ2v) is 10.7. The van der Waals surface area contributed by atoms with Gasteiger partial charge in [0.2, 0.25) is 0 Å². The van der Waals surface area contributed by atoms with Gasteiger partial charge in [0.1, 0.15) is 11.4 Å². The maximum atomic E-state index is 11.9. The Hall–Kier alpha value is -1.25. The number of nitrogens with two attached hydrogens (primary N) is 1. The zero-order chi connectivity index (χ0) is 23.7. The van der Waals surface area contributed by atoms with Crippen molar-refractivity contribution in [1.82, 2.24) is 9.55 Å². The van der Waals surface area contributed by atoms with Crippen molar-refractivity contribution in [2.24, 2.45) is 0 Å². The van der Waals surface area contributed by atoms with Gasteiger partial charge in [-0.3, -0.25) is 9.09 Å². The van der Waals surface area contributed by atoms with E-state index in [1.807, 2.05) is 0 Å². The number of hydrogen-bond donors (Lipinski definition) is 6. The second kappa shape index (κ2) is 9.32. The number of nitrogen functional groups attached to an aromatic ring is 1. The van der Waals surface area contributed by atoms with E-state index in [4.69, 9.17) is 25.2 Å². The minimum atomic E-state index is -5.70. The SMILES string of the molecule is C=C[C@]1(COP(=O)(O)OP(=O)(O)OP(=O)(O)O)OC(Cn2ccc(N)nc2=O)C[C@@H]1O. The van der Waals surface area contributed by atoms with E-state index in [0.29, 0.717) is 0 Å². The van der Waals surface area contributed by atoms with Gasteiger partial charge in [-0.2, -0.15) is 13.6 Å². The van der Waals surface area contributed by atoms with Crippen molar-refractivity contribution in [1.29, 1.82) is 0 Å². The molecule has 1 aliphatic rings. The number of anilines is 1. The number of nitrogens with zero attached hydrogens (tertiary/aromatic N) is 2. The van der Waals surface area contributed by atoms with Gasteiger partial charge in [-0.25, -0.2) is 18.5 Å². The summed E-state index contributed by atoms with van der Waals surface area (Å²) in [5.41, 5.74) is 2.93. The highest BCUT2D eigenvalue weighted by atomic mass is 31.3. The topological polar surface area (TPSA) is 250 Å². The normalized spacial score (nSPS) is 28.0. The standard InChI is InChI=1S/C12H20N3O13P3/c1-2-12(7-25-30(21,22)28-31(23,24)27-29(18,19)20)9(16)5-8(26-12)6-15-4-3-10(13)14-11(15)17/h2-4,8-9,16H,1,5-7H2,(H,21,22)(H,23,24)(H2,13,14,17)(H2,18,19,20)/t8?,9-,12+/m0/s1. The van der Waals surface area contributed by atoms with Crippen molar-refractivity contribution in [2.45, 2.75) is 30.8 Å². The molecule has 176 valence electrons. The molecule has 1 saturated heterocycles. The van der Waals surface area contributed by atoms with Gasteiger partial charge < -0.3 is 35.2 Å². The molecule has 19 heteroatoms. The van der Waals surface area contributed by atoms with E-state index in [0.717, 1.165) is 10.6 Å². The molecule has 31 heavy (non-hydrogen) atoms. The summed E-state index contributed by atoms with van der Waals surface area (Å²) in [6, 6.07) is 1.36. The van der Waals surface area contributed by atoms with Crippen molar-refractivity contribution in [2.75, 3.05) is 12.3 Å². The highest BCUT2D eigenvalue weighted by molar-refractivity contribution is 7.66. The Morgan fingerprint density at radius 3 is 2.48 bits per heavy atom. The predicted octanol–water partition coefficient (Wildman–Crippen LogP) is -0.757. The molecule has 1 aromatic heterocycles. The van der Waals surface area contributed by atoms with Gasteiger partial charge in [0, 0.05) is 12.6 Å². The fraction of sp³-hybridized carbons (Fsp3) is 0.500. The van der Waals surface area contributed by atoms with Crippen molar-refractivity contribution < 1.29 is 56.3 Å². The first-order valence-electron chi connectivity index (χ1n) is 8.17. The molecule has 5 atom stereocenters. The molecule has 2 heterocycles. The Balaban J connectivity index is 2.07. The summed E-state index contributed by atoms with van der Waals surface area (Å²) < 4.78 is 52.4. The number of aliphatic hydroxyl groups excluding tert-OH is 1. The summed E-state index contributed by atoms with van der Waals surface area (Å²) in [6.07, 6.45) is 0.176. The number of rotatable bonds is 10. The third-order valence-corrected chi connectivity index (χ3v) is 7.73. The first-order valence-corrected chi connectivity index (χ1v) is 12.7. The van der Waals surface area contributed by atoms with Crippen LogP contribution in [0.3, 0.4) is 0 Å². The van der Waals surface area contributed by atoms with Crippen LogP contribution in [-0.4, -0.2) is 58.6 Å². The van der Waals surface area contributed by atoms with E-state index in [2.05, 4.69) is 24.7 Å². The molecule has 16 nitrogen and oxygen atoms in total. The van der Waals surface area contributed by atoms with Crippen LogP contribution in [0.5, 0.6) is 0 Å². The average molecular weight is 507 g/mol. The molecule has 1 fully saturated rings. The molecule has 2 rings (SSSR count). The van der Waals surface area contributed by atoms with Crippen molar-refractivity contribution >= 4 is 29.3 Å². The van der Waals surface area contributed by atoms with Crippen LogP contribution in [0.25, 0.3) is 0 Å². The summed E-state index contributed by atoms with van der Waals surface area (Å²) in [6.45, 7) is 2.45. The lowest BCUT2D eigenvalue weighted by Gasteiger charge is -2.29. The number of hydrogen-bond acceptors (Lipinski definition) is 11. The van der Waals surface area contributed by atoms with Gasteiger partial charge in [-0.05, 0) is 6.07 Å². The molecule has 0 amide bonds. The lowest BCUT2D eigenvalue weighted by atomic mass is 9.97. The molecule has 1 aromatic rings. The predicted molar refractivity (Wildman–Crippen MR) is 101 cm³/mol. The largest absolute Gasteiger partial charge is 0.490 e. The summed E-state index contributed by atoms with van der Waals surface area (Å²) in [5.74, 6) is 0.00469. The van der Waals surface area contributed by atoms with Gasteiger partial charge >= 0.3 is 29.2 Å². The number of aromatic nitrogens is 2. The van der Waals surface area contributed by atoms with Gasteiger partial charge in [0.15, 0.2) is 0 Å². The Bertz CT molecular complexity index is 1020.